The molecular weight excluding hydrogens is 592 g/mol. The number of nitrogens with zero attached hydrogens (tertiary/aromatic N) is 5. The molecule has 0 aliphatic carbocycles. The molecule has 242 valence electrons. The van der Waals surface area contributed by atoms with Crippen LogP contribution in [-0.2, 0) is 37.0 Å². The average Bonchev–Trinajstić information content (AvgIpc) is 3.56. The number of benzene rings is 2. The molecule has 2 amide bonds. The van der Waals surface area contributed by atoms with E-state index in [9.17, 15) is 29.4 Å². The van der Waals surface area contributed by atoms with Crippen LogP contribution in [-0.4, -0.2) is 66.5 Å². The summed E-state index contributed by atoms with van der Waals surface area (Å²) in [6.07, 6.45) is 2.74. The molecule has 1 fully saturated rings. The Morgan fingerprint density at radius 3 is 2.50 bits per heavy atom. The van der Waals surface area contributed by atoms with Crippen molar-refractivity contribution in [1.29, 1.82) is 0 Å². The van der Waals surface area contributed by atoms with Crippen LogP contribution >= 0.6 is 0 Å². The lowest BCUT2D eigenvalue weighted by Crippen LogP contribution is -2.36. The Balaban J connectivity index is 1.39. The van der Waals surface area contributed by atoms with Gasteiger partial charge in [0, 0.05) is 55.8 Å². The fourth-order valence-electron chi connectivity index (χ4n) is 5.59. The number of hydroxylamine groups is 2. The lowest BCUT2D eigenvalue weighted by atomic mass is 10.1. The molecule has 5 rings (SSSR count). The Morgan fingerprint density at radius 2 is 1.78 bits per heavy atom. The molecular formula is C33H38N6O7. The van der Waals surface area contributed by atoms with Crippen LogP contribution in [0.4, 0.5) is 11.5 Å². The monoisotopic (exact) mass is 630 g/mol. The molecule has 1 atom stereocenters. The number of Topliss-reactive ketones (excluding diaryl/α,β-unsaturated/α-hetero) is 1. The number of nitrogens with two attached hydrogens (primary N) is 1. The minimum absolute atomic E-state index is 0.0156. The Labute approximate surface area is 265 Å². The van der Waals surface area contributed by atoms with Gasteiger partial charge in [-0.25, -0.2) is 14.8 Å². The summed E-state index contributed by atoms with van der Waals surface area (Å²) < 4.78 is 2.00. The second kappa shape index (κ2) is 13.4. The first kappa shape index (κ1) is 32.2. The number of rotatable bonds is 13. The van der Waals surface area contributed by atoms with Gasteiger partial charge in [-0.15, -0.1) is 5.06 Å². The highest BCUT2D eigenvalue weighted by Gasteiger charge is 2.32. The van der Waals surface area contributed by atoms with E-state index in [1.807, 2.05) is 27.7 Å². The molecule has 4 N–H and O–H groups in total. The Kier molecular flexibility index (Phi) is 9.40. The number of aryl methyl sites for hydroxylation is 1. The number of aromatic hydroxyl groups is 2. The zero-order valence-corrected chi connectivity index (χ0v) is 26.2. The number of imidazole rings is 1. The maximum atomic E-state index is 13.1. The smallest absolute Gasteiger partial charge is 0.333 e. The maximum absolute atomic E-state index is 13.1. The van der Waals surface area contributed by atoms with Gasteiger partial charge in [0.25, 0.3) is 11.8 Å². The Hall–Kier alpha value is -5.20. The van der Waals surface area contributed by atoms with Gasteiger partial charge >= 0.3 is 5.97 Å². The molecule has 4 aromatic rings. The van der Waals surface area contributed by atoms with Crippen molar-refractivity contribution in [3.8, 4) is 11.5 Å². The number of phenolic OH excluding ortho intramolecular Hbond substituents is 2. The normalized spacial score (nSPS) is 13.9. The second-order valence-corrected chi connectivity index (χ2v) is 11.6. The molecule has 1 unspecified atom stereocenters. The van der Waals surface area contributed by atoms with E-state index in [4.69, 9.17) is 15.6 Å². The van der Waals surface area contributed by atoms with Crippen molar-refractivity contribution >= 4 is 57.0 Å². The fourth-order valence-corrected chi connectivity index (χ4v) is 5.59. The number of nitrogen functional groups attached to an aromatic ring is 1. The number of aromatic nitrogens is 3. The average molecular weight is 631 g/mol. The first-order chi connectivity index (χ1) is 22.0. The van der Waals surface area contributed by atoms with Crippen molar-refractivity contribution in [2.24, 2.45) is 0 Å². The van der Waals surface area contributed by atoms with Gasteiger partial charge in [0.05, 0.1) is 23.6 Å². The van der Waals surface area contributed by atoms with E-state index in [1.54, 1.807) is 14.0 Å². The molecule has 3 heterocycles. The third kappa shape index (κ3) is 6.58. The number of likely N-dealkylation sites (N-methyl/N-ethyl adjacent to an activating group) is 1. The maximum Gasteiger partial charge on any atom is 0.333 e. The van der Waals surface area contributed by atoms with Gasteiger partial charge < -0.3 is 30.3 Å². The highest BCUT2D eigenvalue weighted by molar-refractivity contribution is 6.08. The number of fused-ring (bicyclic) bond motifs is 3. The van der Waals surface area contributed by atoms with E-state index in [0.717, 1.165) is 35.3 Å². The molecule has 13 nitrogen and oxygen atoms in total. The summed E-state index contributed by atoms with van der Waals surface area (Å²) in [6.45, 7) is 4.11. The minimum atomic E-state index is -0.739. The largest absolute Gasteiger partial charge is 0.508 e. The minimum Gasteiger partial charge on any atom is -0.508 e. The van der Waals surface area contributed by atoms with Crippen molar-refractivity contribution < 1.29 is 34.2 Å². The standard InChI is InChI=1S/C33H38N6O7/c1-4-5-8-27-36-31-32(38(27)18-20-16-22(40)11-13-26(20)42)23-17-21(10-12-24(23)35-33(31)34)37(3)19(2)25(41)7-6-9-30(45)46-39-28(43)14-15-29(39)44/h10-13,16-17,19,40,42H,4-9,14-15,18H2,1-3H3,(H2,34,35). The number of carbonyl (C=O) groups is 4. The molecule has 1 aliphatic heterocycles. The van der Waals surface area contributed by atoms with Crippen LogP contribution in [0, 0.1) is 0 Å². The number of phenols is 2. The molecule has 0 spiro atoms. The van der Waals surface area contributed by atoms with Crippen molar-refractivity contribution in [3.05, 3.63) is 47.8 Å². The molecule has 1 aliphatic rings. The summed E-state index contributed by atoms with van der Waals surface area (Å²) in [6, 6.07) is 9.48. The lowest BCUT2D eigenvalue weighted by molar-refractivity contribution is -0.197. The molecule has 0 bridgehead atoms. The predicted molar refractivity (Wildman–Crippen MR) is 171 cm³/mol. The van der Waals surface area contributed by atoms with Crippen molar-refractivity contribution in [1.82, 2.24) is 19.6 Å². The molecule has 1 saturated heterocycles. The molecule has 0 saturated carbocycles. The highest BCUT2D eigenvalue weighted by atomic mass is 16.7. The second-order valence-electron chi connectivity index (χ2n) is 11.6. The Bertz CT molecular complexity index is 1820. The predicted octanol–water partition coefficient (Wildman–Crippen LogP) is 4.14. The summed E-state index contributed by atoms with van der Waals surface area (Å²) >= 11 is 0. The van der Waals surface area contributed by atoms with E-state index in [0.29, 0.717) is 28.1 Å². The number of pyridine rings is 1. The highest BCUT2D eigenvalue weighted by Crippen LogP contribution is 2.34. The number of imide groups is 1. The molecule has 46 heavy (non-hydrogen) atoms. The number of ketones is 1. The van der Waals surface area contributed by atoms with Crippen molar-refractivity contribution in [3.63, 3.8) is 0 Å². The van der Waals surface area contributed by atoms with Crippen molar-refractivity contribution in [2.45, 2.75) is 77.8 Å². The number of carbonyl (C=O) groups excluding carboxylic acids is 4. The van der Waals surface area contributed by atoms with E-state index in [2.05, 4.69) is 11.9 Å². The lowest BCUT2D eigenvalue weighted by Gasteiger charge is -2.26. The number of anilines is 2. The summed E-state index contributed by atoms with van der Waals surface area (Å²) in [7, 11) is 1.80. The zero-order chi connectivity index (χ0) is 33.1. The van der Waals surface area contributed by atoms with Crippen LogP contribution < -0.4 is 10.6 Å². The van der Waals surface area contributed by atoms with Gasteiger partial charge in [0.1, 0.15) is 22.8 Å². The molecule has 2 aromatic heterocycles. The van der Waals surface area contributed by atoms with Crippen molar-refractivity contribution in [2.75, 3.05) is 17.7 Å². The SMILES string of the molecule is CCCCc1nc2c(N)nc3ccc(N(C)C(C)C(=O)CCCC(=O)ON4C(=O)CCC4=O)cc3c2n1Cc1cc(O)ccc1O. The summed E-state index contributed by atoms with van der Waals surface area (Å²) in [4.78, 5) is 64.8. The van der Waals surface area contributed by atoms with Gasteiger partial charge in [0.2, 0.25) is 0 Å². The van der Waals surface area contributed by atoms with E-state index < -0.39 is 23.8 Å². The summed E-state index contributed by atoms with van der Waals surface area (Å²) in [5.74, 6) is -0.796. The quantitative estimate of drug-likeness (QED) is 0.143. The van der Waals surface area contributed by atoms with E-state index >= 15 is 0 Å². The number of amides is 2. The van der Waals surface area contributed by atoms with Crippen LogP contribution in [0.25, 0.3) is 21.9 Å². The van der Waals surface area contributed by atoms with Gasteiger partial charge in [-0.1, -0.05) is 13.3 Å². The van der Waals surface area contributed by atoms with Crippen LogP contribution in [0.3, 0.4) is 0 Å². The van der Waals surface area contributed by atoms with Gasteiger partial charge in [0.15, 0.2) is 11.6 Å². The zero-order valence-electron chi connectivity index (χ0n) is 26.2. The molecule has 0 radical (unpaired) electrons. The topological polar surface area (TPSA) is 181 Å². The van der Waals surface area contributed by atoms with Crippen LogP contribution in [0.15, 0.2) is 36.4 Å². The van der Waals surface area contributed by atoms with Crippen LogP contribution in [0.5, 0.6) is 11.5 Å². The molecule has 13 heteroatoms. The number of unbranched alkanes of at least 4 members (excludes halogenated alkanes) is 1. The molecule has 2 aromatic carbocycles. The number of hydrogen-bond acceptors (Lipinski definition) is 11. The number of hydrogen-bond donors (Lipinski definition) is 3. The third-order valence-corrected chi connectivity index (χ3v) is 8.37. The van der Waals surface area contributed by atoms with E-state index in [-0.39, 0.29) is 61.7 Å². The fraction of sp³-hybridized carbons (Fsp3) is 0.394. The first-order valence-electron chi connectivity index (χ1n) is 15.4. The van der Waals surface area contributed by atoms with Gasteiger partial charge in [-0.3, -0.25) is 14.4 Å². The first-order valence-corrected chi connectivity index (χ1v) is 15.4. The van der Waals surface area contributed by atoms with E-state index in [1.165, 1.54) is 18.2 Å². The Morgan fingerprint density at radius 1 is 1.04 bits per heavy atom. The van der Waals surface area contributed by atoms with Gasteiger partial charge in [-0.2, -0.15) is 0 Å². The van der Waals surface area contributed by atoms with Crippen LogP contribution in [0.1, 0.15) is 70.2 Å². The van der Waals surface area contributed by atoms with Crippen LogP contribution in [0.2, 0.25) is 0 Å². The van der Waals surface area contributed by atoms with Gasteiger partial charge in [-0.05, 0) is 56.2 Å². The third-order valence-electron chi connectivity index (χ3n) is 8.37. The summed E-state index contributed by atoms with van der Waals surface area (Å²) in [5.41, 5.74) is 9.57. The summed E-state index contributed by atoms with van der Waals surface area (Å²) in [5, 5.41) is 21.9.